The van der Waals surface area contributed by atoms with Gasteiger partial charge in [0.1, 0.15) is 22.6 Å². The number of nitrogens with zero attached hydrogens (tertiary/aromatic N) is 3. The van der Waals surface area contributed by atoms with Crippen molar-refractivity contribution in [2.24, 2.45) is 5.73 Å². The summed E-state index contributed by atoms with van der Waals surface area (Å²) < 4.78 is 13.6. The normalized spacial score (nSPS) is 17.9. The Morgan fingerprint density at radius 1 is 1.27 bits per heavy atom. The summed E-state index contributed by atoms with van der Waals surface area (Å²) >= 11 is 0. The quantitative estimate of drug-likeness (QED) is 0.497. The Balaban J connectivity index is 1.51. The molecule has 5 rings (SSSR count). The molecule has 9 heteroatoms. The minimum Gasteiger partial charge on any atom is -0.460 e. The van der Waals surface area contributed by atoms with Crippen molar-refractivity contribution in [2.45, 2.75) is 32.9 Å². The zero-order chi connectivity index (χ0) is 23.4. The van der Waals surface area contributed by atoms with Crippen LogP contribution in [0.1, 0.15) is 39.0 Å². The molecule has 1 aliphatic heterocycles. The Hall–Kier alpha value is -3.85. The zero-order valence-electron chi connectivity index (χ0n) is 18.9. The largest absolute Gasteiger partial charge is 0.460 e. The first-order valence-corrected chi connectivity index (χ1v) is 10.8. The molecular weight excluding hydrogens is 422 g/mol. The standard InChI is InChI=1S/C24H25N5O4/c1-12-17(24(31)28-11-18(25)13(28)2)10-29-22(12)19(7-8-27-29)33-15-5-6-16-20(9-15)32-14(3)21(16)23(30)26-4/h5-10,13,18H,11,25H2,1-4H3,(H,26,30). The summed E-state index contributed by atoms with van der Waals surface area (Å²) in [7, 11) is 1.59. The summed E-state index contributed by atoms with van der Waals surface area (Å²) in [5.74, 6) is 1.38. The zero-order valence-corrected chi connectivity index (χ0v) is 18.9. The fraction of sp³-hybridized carbons (Fsp3) is 0.292. The van der Waals surface area contributed by atoms with Crippen LogP contribution >= 0.6 is 0 Å². The molecular formula is C24H25N5O4. The van der Waals surface area contributed by atoms with E-state index in [0.717, 1.165) is 5.56 Å². The number of nitrogens with two attached hydrogens (primary N) is 1. The lowest BCUT2D eigenvalue weighted by Crippen LogP contribution is -2.64. The van der Waals surface area contributed by atoms with Crippen LogP contribution in [0.15, 0.2) is 41.1 Å². The summed E-state index contributed by atoms with van der Waals surface area (Å²) in [6.07, 6.45) is 3.35. The molecule has 0 spiro atoms. The number of fused-ring (bicyclic) bond motifs is 2. The maximum Gasteiger partial charge on any atom is 0.256 e. The third kappa shape index (κ3) is 3.23. The van der Waals surface area contributed by atoms with Gasteiger partial charge < -0.3 is 25.1 Å². The van der Waals surface area contributed by atoms with Crippen LogP contribution in [0.25, 0.3) is 16.5 Å². The number of ether oxygens (including phenoxy) is 1. The van der Waals surface area contributed by atoms with Crippen molar-refractivity contribution in [2.75, 3.05) is 13.6 Å². The van der Waals surface area contributed by atoms with Crippen LogP contribution in [-0.4, -0.2) is 52.0 Å². The lowest BCUT2D eigenvalue weighted by Gasteiger charge is -2.44. The summed E-state index contributed by atoms with van der Waals surface area (Å²) in [6.45, 7) is 6.14. The van der Waals surface area contributed by atoms with E-state index in [0.29, 0.717) is 51.4 Å². The minimum atomic E-state index is -0.200. The number of benzene rings is 1. The molecule has 3 aromatic heterocycles. The number of carbonyl (C=O) groups is 2. The lowest BCUT2D eigenvalue weighted by atomic mass is 9.97. The maximum absolute atomic E-state index is 13.0. The van der Waals surface area contributed by atoms with Crippen LogP contribution in [0.5, 0.6) is 11.5 Å². The van der Waals surface area contributed by atoms with Gasteiger partial charge in [0.25, 0.3) is 11.8 Å². The van der Waals surface area contributed by atoms with Crippen LogP contribution in [0.3, 0.4) is 0 Å². The second-order valence-electron chi connectivity index (χ2n) is 8.39. The Morgan fingerprint density at radius 3 is 2.76 bits per heavy atom. The fourth-order valence-corrected chi connectivity index (χ4v) is 4.38. The molecule has 1 aliphatic rings. The van der Waals surface area contributed by atoms with E-state index in [1.807, 2.05) is 13.8 Å². The number of hydrogen-bond acceptors (Lipinski definition) is 6. The second-order valence-corrected chi connectivity index (χ2v) is 8.39. The topological polar surface area (TPSA) is 115 Å². The number of amides is 2. The molecule has 2 unspecified atom stereocenters. The molecule has 9 nitrogen and oxygen atoms in total. The van der Waals surface area contributed by atoms with Crippen LogP contribution in [0, 0.1) is 13.8 Å². The molecule has 1 aromatic carbocycles. The molecule has 2 amide bonds. The predicted octanol–water partition coefficient (Wildman–Crippen LogP) is 3.02. The van der Waals surface area contributed by atoms with Crippen LogP contribution in [0.4, 0.5) is 0 Å². The lowest BCUT2D eigenvalue weighted by molar-refractivity contribution is 0.0419. The van der Waals surface area contributed by atoms with Gasteiger partial charge in [-0.2, -0.15) is 5.10 Å². The van der Waals surface area contributed by atoms with E-state index in [1.165, 1.54) is 0 Å². The highest BCUT2D eigenvalue weighted by Gasteiger charge is 2.37. The van der Waals surface area contributed by atoms with Gasteiger partial charge in [0.2, 0.25) is 0 Å². The van der Waals surface area contributed by atoms with Gasteiger partial charge in [0.15, 0.2) is 5.75 Å². The van der Waals surface area contributed by atoms with Crippen molar-refractivity contribution in [1.29, 1.82) is 0 Å². The smallest absolute Gasteiger partial charge is 0.256 e. The third-order valence-electron chi connectivity index (χ3n) is 6.42. The number of nitrogens with one attached hydrogen (secondary N) is 1. The molecule has 0 radical (unpaired) electrons. The molecule has 0 saturated carbocycles. The highest BCUT2D eigenvalue weighted by atomic mass is 16.5. The third-order valence-corrected chi connectivity index (χ3v) is 6.42. The van der Waals surface area contributed by atoms with E-state index in [1.54, 1.807) is 60.0 Å². The number of carbonyl (C=O) groups excluding carboxylic acids is 2. The van der Waals surface area contributed by atoms with Crippen molar-refractivity contribution in [3.05, 3.63) is 59.1 Å². The SMILES string of the molecule is CNC(=O)c1c(C)oc2cc(Oc3ccnn4cc(C(=O)N5CC(N)C5C)c(C)c34)ccc12. The number of rotatable bonds is 4. The molecule has 0 aliphatic carbocycles. The first-order valence-electron chi connectivity index (χ1n) is 10.8. The maximum atomic E-state index is 13.0. The van der Waals surface area contributed by atoms with Gasteiger partial charge in [-0.1, -0.05) is 0 Å². The Morgan fingerprint density at radius 2 is 2.06 bits per heavy atom. The molecule has 4 heterocycles. The van der Waals surface area contributed by atoms with Crippen LogP contribution in [-0.2, 0) is 0 Å². The predicted molar refractivity (Wildman–Crippen MR) is 123 cm³/mol. The van der Waals surface area contributed by atoms with Gasteiger partial charge in [-0.25, -0.2) is 4.52 Å². The Bertz CT molecular complexity index is 1420. The van der Waals surface area contributed by atoms with Gasteiger partial charge >= 0.3 is 0 Å². The van der Waals surface area contributed by atoms with E-state index in [2.05, 4.69) is 10.4 Å². The molecule has 4 aromatic rings. The van der Waals surface area contributed by atoms with Crippen molar-refractivity contribution >= 4 is 28.3 Å². The van der Waals surface area contributed by atoms with E-state index < -0.39 is 0 Å². The number of hydrogen-bond donors (Lipinski definition) is 2. The minimum absolute atomic E-state index is 0.00625. The van der Waals surface area contributed by atoms with E-state index in [4.69, 9.17) is 14.9 Å². The first kappa shape index (κ1) is 21.0. The van der Waals surface area contributed by atoms with Crippen molar-refractivity contribution in [1.82, 2.24) is 19.8 Å². The van der Waals surface area contributed by atoms with E-state index in [9.17, 15) is 9.59 Å². The second kappa shape index (κ2) is 7.63. The molecule has 2 atom stereocenters. The van der Waals surface area contributed by atoms with E-state index >= 15 is 0 Å². The van der Waals surface area contributed by atoms with Gasteiger partial charge in [0, 0.05) is 49.4 Å². The Kier molecular flexibility index (Phi) is 4.86. The first-order chi connectivity index (χ1) is 15.8. The monoisotopic (exact) mass is 447 g/mol. The van der Waals surface area contributed by atoms with Crippen LogP contribution in [0.2, 0.25) is 0 Å². The summed E-state index contributed by atoms with van der Waals surface area (Å²) in [5.41, 5.74) is 9.10. The molecule has 0 bridgehead atoms. The van der Waals surface area contributed by atoms with Gasteiger partial charge in [-0.3, -0.25) is 9.59 Å². The molecule has 3 N–H and O–H groups in total. The van der Waals surface area contributed by atoms with Gasteiger partial charge in [-0.05, 0) is 38.5 Å². The molecule has 170 valence electrons. The van der Waals surface area contributed by atoms with Crippen molar-refractivity contribution < 1.29 is 18.7 Å². The average Bonchev–Trinajstić information content (AvgIpc) is 3.32. The van der Waals surface area contributed by atoms with Gasteiger partial charge in [-0.15, -0.1) is 0 Å². The fourth-order valence-electron chi connectivity index (χ4n) is 4.38. The number of likely N-dealkylation sites (tertiary alicyclic amines) is 1. The molecule has 33 heavy (non-hydrogen) atoms. The van der Waals surface area contributed by atoms with E-state index in [-0.39, 0.29) is 23.9 Å². The van der Waals surface area contributed by atoms with Crippen molar-refractivity contribution in [3.8, 4) is 11.5 Å². The van der Waals surface area contributed by atoms with Gasteiger partial charge in [0.05, 0.1) is 17.3 Å². The number of furan rings is 1. The number of aryl methyl sites for hydroxylation is 2. The summed E-state index contributed by atoms with van der Waals surface area (Å²) in [5, 5.41) is 7.71. The van der Waals surface area contributed by atoms with Crippen LogP contribution < -0.4 is 15.8 Å². The summed E-state index contributed by atoms with van der Waals surface area (Å²) in [4.78, 5) is 27.0. The van der Waals surface area contributed by atoms with Crippen molar-refractivity contribution in [3.63, 3.8) is 0 Å². The highest BCUT2D eigenvalue weighted by Crippen LogP contribution is 2.34. The average molecular weight is 447 g/mol. The number of aromatic nitrogens is 2. The highest BCUT2D eigenvalue weighted by molar-refractivity contribution is 6.07. The Labute approximate surface area is 190 Å². The summed E-state index contributed by atoms with van der Waals surface area (Å²) in [6, 6.07) is 7.11. The molecule has 1 fully saturated rings. The molecule has 1 saturated heterocycles.